The Morgan fingerprint density at radius 3 is 2.87 bits per heavy atom. The summed E-state index contributed by atoms with van der Waals surface area (Å²) in [6, 6.07) is 0. The Balaban J connectivity index is 3.46. The van der Waals surface area contributed by atoms with E-state index in [9.17, 15) is 4.79 Å². The second-order valence-electron chi connectivity index (χ2n) is 3.23. The number of hydrogen-bond acceptors (Lipinski definition) is 3. The Labute approximate surface area is 92.1 Å². The smallest absolute Gasteiger partial charge is 0.248 e. The molecule has 0 spiro atoms. The maximum absolute atomic E-state index is 11.4. The van der Waals surface area contributed by atoms with E-state index in [2.05, 4.69) is 17.2 Å². The van der Waals surface area contributed by atoms with Gasteiger partial charge in [0.1, 0.15) is 6.10 Å². The number of carbonyl (C=O) groups excluding carboxylic acids is 1. The van der Waals surface area contributed by atoms with Crippen LogP contribution in [0, 0.1) is 0 Å². The first-order valence-corrected chi connectivity index (χ1v) is 5.43. The molecule has 0 bridgehead atoms. The Morgan fingerprint density at radius 2 is 2.27 bits per heavy atom. The third-order valence-corrected chi connectivity index (χ3v) is 1.91. The number of hydrogen-bond donors (Lipinski definition) is 2. The van der Waals surface area contributed by atoms with Crippen molar-refractivity contribution in [1.82, 2.24) is 10.6 Å². The summed E-state index contributed by atoms with van der Waals surface area (Å²) in [7, 11) is 0. The van der Waals surface area contributed by atoms with Gasteiger partial charge in [-0.2, -0.15) is 0 Å². The largest absolute Gasteiger partial charge is 0.368 e. The maximum Gasteiger partial charge on any atom is 0.248 e. The summed E-state index contributed by atoms with van der Waals surface area (Å²) in [6.45, 7) is 10.3. The highest BCUT2D eigenvalue weighted by molar-refractivity contribution is 5.80. The predicted molar refractivity (Wildman–Crippen MR) is 61.8 cm³/mol. The van der Waals surface area contributed by atoms with Gasteiger partial charge in [-0.05, 0) is 19.9 Å². The summed E-state index contributed by atoms with van der Waals surface area (Å²) >= 11 is 0. The van der Waals surface area contributed by atoms with Crippen molar-refractivity contribution in [2.24, 2.45) is 0 Å². The third-order valence-electron chi connectivity index (χ3n) is 1.91. The Hall–Kier alpha value is -0.870. The van der Waals surface area contributed by atoms with Crippen molar-refractivity contribution < 1.29 is 9.53 Å². The lowest BCUT2D eigenvalue weighted by Gasteiger charge is -2.12. The van der Waals surface area contributed by atoms with Crippen LogP contribution >= 0.6 is 0 Å². The van der Waals surface area contributed by atoms with E-state index >= 15 is 0 Å². The summed E-state index contributed by atoms with van der Waals surface area (Å²) in [5.74, 6) is -0.0584. The first kappa shape index (κ1) is 14.1. The van der Waals surface area contributed by atoms with Crippen LogP contribution in [0.1, 0.15) is 20.3 Å². The molecule has 1 unspecified atom stereocenters. The van der Waals surface area contributed by atoms with Gasteiger partial charge in [-0.3, -0.25) is 4.79 Å². The van der Waals surface area contributed by atoms with Crippen LogP contribution in [0.2, 0.25) is 0 Å². The van der Waals surface area contributed by atoms with Crippen molar-refractivity contribution in [3.63, 3.8) is 0 Å². The topological polar surface area (TPSA) is 50.4 Å². The first-order valence-electron chi connectivity index (χ1n) is 5.43. The van der Waals surface area contributed by atoms with Crippen LogP contribution in [-0.2, 0) is 9.53 Å². The molecule has 4 nitrogen and oxygen atoms in total. The van der Waals surface area contributed by atoms with Crippen LogP contribution < -0.4 is 10.6 Å². The van der Waals surface area contributed by atoms with Crippen LogP contribution in [0.3, 0.4) is 0 Å². The molecule has 0 radical (unpaired) electrons. The van der Waals surface area contributed by atoms with Crippen molar-refractivity contribution >= 4 is 5.91 Å². The summed E-state index contributed by atoms with van der Waals surface area (Å²) in [6.07, 6.45) is 2.16. The van der Waals surface area contributed by atoms with Crippen molar-refractivity contribution in [2.75, 3.05) is 26.2 Å². The van der Waals surface area contributed by atoms with Gasteiger partial charge in [-0.25, -0.2) is 0 Å². The molecule has 0 aromatic heterocycles. The van der Waals surface area contributed by atoms with Crippen molar-refractivity contribution in [3.05, 3.63) is 12.7 Å². The van der Waals surface area contributed by atoms with E-state index in [0.29, 0.717) is 13.2 Å². The number of carbonyl (C=O) groups is 1. The molecular formula is C11H22N2O2. The Morgan fingerprint density at radius 1 is 1.53 bits per heavy atom. The molecule has 88 valence electrons. The summed E-state index contributed by atoms with van der Waals surface area (Å²) < 4.78 is 5.30. The SMILES string of the molecule is C=CCCOC(C)C(=O)NCCNCC. The van der Waals surface area contributed by atoms with Crippen LogP contribution in [0.25, 0.3) is 0 Å². The lowest BCUT2D eigenvalue weighted by atomic mass is 10.3. The van der Waals surface area contributed by atoms with Gasteiger partial charge >= 0.3 is 0 Å². The Bertz CT molecular complexity index is 183. The number of nitrogens with one attached hydrogen (secondary N) is 2. The van der Waals surface area contributed by atoms with E-state index in [1.54, 1.807) is 13.0 Å². The predicted octanol–water partition coefficient (Wildman–Crippen LogP) is 0.693. The van der Waals surface area contributed by atoms with Gasteiger partial charge < -0.3 is 15.4 Å². The molecule has 0 aliphatic carbocycles. The number of likely N-dealkylation sites (N-methyl/N-ethyl adjacent to an activating group) is 1. The van der Waals surface area contributed by atoms with Gasteiger partial charge in [0.2, 0.25) is 5.91 Å². The molecule has 1 atom stereocenters. The van der Waals surface area contributed by atoms with Gasteiger partial charge in [0.15, 0.2) is 0 Å². The van der Waals surface area contributed by atoms with E-state index in [-0.39, 0.29) is 12.0 Å². The quantitative estimate of drug-likeness (QED) is 0.438. The zero-order chi connectivity index (χ0) is 11.5. The van der Waals surface area contributed by atoms with Crippen LogP contribution in [0.15, 0.2) is 12.7 Å². The molecule has 4 heteroatoms. The van der Waals surface area contributed by atoms with Gasteiger partial charge in [0.05, 0.1) is 6.61 Å². The van der Waals surface area contributed by atoms with E-state index in [1.807, 2.05) is 6.92 Å². The maximum atomic E-state index is 11.4. The van der Waals surface area contributed by atoms with E-state index < -0.39 is 0 Å². The molecule has 0 aliphatic rings. The van der Waals surface area contributed by atoms with Gasteiger partial charge in [-0.15, -0.1) is 6.58 Å². The number of amides is 1. The van der Waals surface area contributed by atoms with Crippen LogP contribution in [0.4, 0.5) is 0 Å². The second kappa shape index (κ2) is 9.68. The van der Waals surface area contributed by atoms with Crippen LogP contribution in [0.5, 0.6) is 0 Å². The minimum atomic E-state index is -0.383. The standard InChI is InChI=1S/C11H22N2O2/c1-4-6-9-15-10(3)11(14)13-8-7-12-5-2/h4,10,12H,1,5-9H2,2-3H3,(H,13,14). The van der Waals surface area contributed by atoms with Gasteiger partial charge in [0.25, 0.3) is 0 Å². The fourth-order valence-electron chi connectivity index (χ4n) is 0.998. The minimum absolute atomic E-state index is 0.0584. The molecule has 0 rings (SSSR count). The summed E-state index contributed by atoms with van der Waals surface area (Å²) in [4.78, 5) is 11.4. The molecule has 0 saturated carbocycles. The highest BCUT2D eigenvalue weighted by Crippen LogP contribution is 1.92. The van der Waals surface area contributed by atoms with Crippen molar-refractivity contribution in [3.8, 4) is 0 Å². The molecular weight excluding hydrogens is 192 g/mol. The average Bonchev–Trinajstić information content (AvgIpc) is 2.24. The average molecular weight is 214 g/mol. The zero-order valence-electron chi connectivity index (χ0n) is 9.71. The van der Waals surface area contributed by atoms with E-state index in [1.165, 1.54) is 0 Å². The highest BCUT2D eigenvalue weighted by Gasteiger charge is 2.11. The van der Waals surface area contributed by atoms with E-state index in [0.717, 1.165) is 19.5 Å². The third kappa shape index (κ3) is 8.15. The molecule has 0 fully saturated rings. The Kier molecular flexibility index (Phi) is 9.11. The molecule has 0 aromatic rings. The minimum Gasteiger partial charge on any atom is -0.368 e. The monoisotopic (exact) mass is 214 g/mol. The zero-order valence-corrected chi connectivity index (χ0v) is 9.71. The molecule has 0 aromatic carbocycles. The molecule has 2 N–H and O–H groups in total. The van der Waals surface area contributed by atoms with Crippen molar-refractivity contribution in [1.29, 1.82) is 0 Å². The lowest BCUT2D eigenvalue weighted by molar-refractivity contribution is -0.131. The van der Waals surface area contributed by atoms with E-state index in [4.69, 9.17) is 4.74 Å². The normalized spacial score (nSPS) is 12.1. The van der Waals surface area contributed by atoms with Gasteiger partial charge in [-0.1, -0.05) is 13.0 Å². The first-order chi connectivity index (χ1) is 7.22. The molecule has 15 heavy (non-hydrogen) atoms. The fourth-order valence-corrected chi connectivity index (χ4v) is 0.998. The van der Waals surface area contributed by atoms with Crippen LogP contribution in [-0.4, -0.2) is 38.3 Å². The second-order valence-corrected chi connectivity index (χ2v) is 3.23. The van der Waals surface area contributed by atoms with Gasteiger partial charge in [0, 0.05) is 13.1 Å². The molecule has 1 amide bonds. The molecule has 0 saturated heterocycles. The highest BCUT2D eigenvalue weighted by atomic mass is 16.5. The summed E-state index contributed by atoms with van der Waals surface area (Å²) in [5.41, 5.74) is 0. The molecule has 0 aliphatic heterocycles. The molecule has 0 heterocycles. The number of rotatable bonds is 9. The lowest BCUT2D eigenvalue weighted by Crippen LogP contribution is -2.38. The van der Waals surface area contributed by atoms with Crippen molar-refractivity contribution in [2.45, 2.75) is 26.4 Å². The number of ether oxygens (including phenoxy) is 1. The summed E-state index contributed by atoms with van der Waals surface area (Å²) in [5, 5.41) is 5.92. The fraction of sp³-hybridized carbons (Fsp3) is 0.727.